The van der Waals surface area contributed by atoms with Gasteiger partial charge in [-0.2, -0.15) is 0 Å². The highest BCUT2D eigenvalue weighted by molar-refractivity contribution is 5.72. The van der Waals surface area contributed by atoms with Gasteiger partial charge in [-0.1, -0.05) is 144 Å². The van der Waals surface area contributed by atoms with E-state index in [4.69, 9.17) is 37.9 Å². The second-order valence-electron chi connectivity index (χ2n) is 23.0. The molecule has 496 valence electrons. The van der Waals surface area contributed by atoms with Crippen LogP contribution >= 0.6 is 0 Å². The van der Waals surface area contributed by atoms with Crippen LogP contribution in [0.4, 0.5) is 0 Å². The molecule has 18 nitrogen and oxygen atoms in total. The number of ether oxygens (including phenoxy) is 8. The van der Waals surface area contributed by atoms with Crippen molar-refractivity contribution in [2.24, 2.45) is 11.8 Å². The van der Waals surface area contributed by atoms with Gasteiger partial charge < -0.3 is 47.7 Å². The fourth-order valence-electron chi connectivity index (χ4n) is 9.49. The van der Waals surface area contributed by atoms with Crippen LogP contribution in [0.1, 0.15) is 279 Å². The summed E-state index contributed by atoms with van der Waals surface area (Å²) in [6.07, 6.45) is 27.4. The molecule has 0 radical (unpaired) electrons. The van der Waals surface area contributed by atoms with Gasteiger partial charge in [0.05, 0.1) is 52.9 Å². The minimum atomic E-state index is -0.464. The van der Waals surface area contributed by atoms with Crippen molar-refractivity contribution in [3.8, 4) is 0 Å². The van der Waals surface area contributed by atoms with Gasteiger partial charge in [-0.3, -0.25) is 38.4 Å². The van der Waals surface area contributed by atoms with Gasteiger partial charge in [0.25, 0.3) is 0 Å². The first-order chi connectivity index (χ1) is 41.3. The summed E-state index contributed by atoms with van der Waals surface area (Å²) in [6, 6.07) is 0. The minimum Gasteiger partial charge on any atom is -0.466 e. The molecule has 0 N–H and O–H groups in total. The van der Waals surface area contributed by atoms with E-state index in [1.54, 1.807) is 0 Å². The Bertz CT molecular complexity index is 1460. The topological polar surface area (TPSA) is 217 Å². The third-order valence-electron chi connectivity index (χ3n) is 14.9. The summed E-state index contributed by atoms with van der Waals surface area (Å²) < 4.78 is 45.0. The van der Waals surface area contributed by atoms with Gasteiger partial charge in [0.2, 0.25) is 0 Å². The van der Waals surface area contributed by atoms with Crippen LogP contribution in [0.15, 0.2) is 0 Å². The predicted molar refractivity (Wildman–Crippen MR) is 332 cm³/mol. The Labute approximate surface area is 515 Å². The molecule has 0 saturated heterocycles. The van der Waals surface area contributed by atoms with E-state index in [0.29, 0.717) is 96.7 Å². The molecule has 0 aliphatic rings. The second-order valence-corrected chi connectivity index (χ2v) is 23.0. The second kappa shape index (κ2) is 60.0. The molecule has 85 heavy (non-hydrogen) atoms. The molecule has 0 aromatic carbocycles. The molecule has 0 heterocycles. The molecule has 0 bridgehead atoms. The predicted octanol–water partition coefficient (Wildman–Crippen LogP) is 13.7. The fourth-order valence-corrected chi connectivity index (χ4v) is 9.49. The van der Waals surface area contributed by atoms with Crippen LogP contribution in [0.25, 0.3) is 0 Å². The average Bonchev–Trinajstić information content (AvgIpc) is 3.50. The summed E-state index contributed by atoms with van der Waals surface area (Å²) in [6.45, 7) is 17.3. The molecule has 0 spiro atoms. The van der Waals surface area contributed by atoms with Crippen LogP contribution in [0, 0.1) is 11.8 Å². The summed E-state index contributed by atoms with van der Waals surface area (Å²) in [5.74, 6) is -3.54. The normalized spacial score (nSPS) is 11.3. The van der Waals surface area contributed by atoms with E-state index in [9.17, 15) is 38.4 Å². The van der Waals surface area contributed by atoms with E-state index in [1.165, 1.54) is 0 Å². The SMILES string of the molecule is CCCCCCCC(=O)OCCCCC(=O)OCC(COC(=O)CCCCOC(=O)CCCCCCC)CN(CCCN(CC)CC)CC(COC(=O)CCCCOC(=O)CCCCCCC)COC(=O)CCCCOC(=O)CCCCCCC. The van der Waals surface area contributed by atoms with E-state index >= 15 is 0 Å². The summed E-state index contributed by atoms with van der Waals surface area (Å²) in [5, 5.41) is 0. The van der Waals surface area contributed by atoms with Gasteiger partial charge in [0.15, 0.2) is 0 Å². The Morgan fingerprint density at radius 2 is 0.459 bits per heavy atom. The molecule has 0 aromatic rings. The fraction of sp³-hybridized carbons (Fsp3) is 0.881. The van der Waals surface area contributed by atoms with Crippen molar-refractivity contribution in [1.29, 1.82) is 0 Å². The lowest BCUT2D eigenvalue weighted by molar-refractivity contribution is -0.150. The number of unbranched alkanes of at least 4 members (excludes halogenated alkanes) is 20. The molecule has 0 saturated carbocycles. The Kier molecular flexibility index (Phi) is 56.9. The first kappa shape index (κ1) is 80.7. The maximum Gasteiger partial charge on any atom is 0.305 e. The van der Waals surface area contributed by atoms with Gasteiger partial charge in [0.1, 0.15) is 0 Å². The Balaban J connectivity index is 6.14. The number of esters is 8. The number of hydrogen-bond donors (Lipinski definition) is 0. The Morgan fingerprint density at radius 3 is 0.694 bits per heavy atom. The molecule has 0 aliphatic heterocycles. The molecule has 0 aromatic heterocycles. The average molecular weight is 1210 g/mol. The highest BCUT2D eigenvalue weighted by Crippen LogP contribution is 2.16. The van der Waals surface area contributed by atoms with Crippen molar-refractivity contribution in [3.63, 3.8) is 0 Å². The molecular weight excluding hydrogens is 1090 g/mol. The Morgan fingerprint density at radius 1 is 0.247 bits per heavy atom. The number of carbonyl (C=O) groups excluding carboxylic acids is 8. The molecule has 0 rings (SSSR count). The molecule has 0 unspecified atom stereocenters. The number of carbonyl (C=O) groups is 8. The van der Waals surface area contributed by atoms with Crippen LogP contribution in [0.5, 0.6) is 0 Å². The van der Waals surface area contributed by atoms with Gasteiger partial charge >= 0.3 is 47.8 Å². The first-order valence-electron chi connectivity index (χ1n) is 34.0. The van der Waals surface area contributed by atoms with Gasteiger partial charge in [0, 0.05) is 76.3 Å². The van der Waals surface area contributed by atoms with Gasteiger partial charge in [-0.15, -0.1) is 0 Å². The molecule has 18 heteroatoms. The van der Waals surface area contributed by atoms with Crippen molar-refractivity contribution >= 4 is 47.8 Å². The zero-order chi connectivity index (χ0) is 62.6. The van der Waals surface area contributed by atoms with Crippen molar-refractivity contribution in [3.05, 3.63) is 0 Å². The van der Waals surface area contributed by atoms with E-state index in [0.717, 1.165) is 154 Å². The largest absolute Gasteiger partial charge is 0.466 e. The smallest absolute Gasteiger partial charge is 0.305 e. The minimum absolute atomic E-state index is 0.0444. The quantitative estimate of drug-likeness (QED) is 0.0314. The van der Waals surface area contributed by atoms with Crippen LogP contribution in [0.2, 0.25) is 0 Å². The lowest BCUT2D eigenvalue weighted by atomic mass is 10.1. The highest BCUT2D eigenvalue weighted by Gasteiger charge is 2.24. The monoisotopic (exact) mass is 1210 g/mol. The molecular formula is C67H122N2O16. The van der Waals surface area contributed by atoms with E-state index < -0.39 is 35.7 Å². The standard InChI is InChI=1S/C67H122N2O16/c1-7-13-17-21-25-38-60(70)78-48-33-29-42-64(74)82-54-58(55-83-65(75)43-30-34-49-79-61(71)39-26-22-18-14-8-2)52-69(47-37-46-68(11-5)12-6)53-59(56-84-66(76)44-31-35-50-80-62(72)40-27-23-19-15-9-3)57-85-67(77)45-32-36-51-81-63(73)41-28-24-20-16-10-4/h58-59H,7-57H2,1-6H3. The highest BCUT2D eigenvalue weighted by atomic mass is 16.6. The zero-order valence-corrected chi connectivity index (χ0v) is 54.6. The summed E-state index contributed by atoms with van der Waals surface area (Å²) in [7, 11) is 0. The van der Waals surface area contributed by atoms with Gasteiger partial charge in [-0.05, 0) is 110 Å². The van der Waals surface area contributed by atoms with E-state index in [1.807, 2.05) is 0 Å². The Hall–Kier alpha value is -4.32. The lowest BCUT2D eigenvalue weighted by Crippen LogP contribution is -2.41. The lowest BCUT2D eigenvalue weighted by Gasteiger charge is -2.31. The number of rotatable bonds is 62. The molecule has 0 amide bonds. The van der Waals surface area contributed by atoms with Gasteiger partial charge in [-0.25, -0.2) is 0 Å². The maximum atomic E-state index is 13.2. The number of hydrogen-bond acceptors (Lipinski definition) is 18. The van der Waals surface area contributed by atoms with Crippen LogP contribution in [-0.4, -0.2) is 150 Å². The van der Waals surface area contributed by atoms with Crippen LogP contribution < -0.4 is 0 Å². The summed E-state index contributed by atoms with van der Waals surface area (Å²) in [5.41, 5.74) is 0. The third-order valence-corrected chi connectivity index (χ3v) is 14.9. The molecule has 0 aliphatic carbocycles. The zero-order valence-electron chi connectivity index (χ0n) is 54.6. The van der Waals surface area contributed by atoms with E-state index in [-0.39, 0.29) is 102 Å². The van der Waals surface area contributed by atoms with Crippen molar-refractivity contribution < 1.29 is 76.3 Å². The molecule has 0 atom stereocenters. The van der Waals surface area contributed by atoms with Crippen molar-refractivity contribution in [2.45, 2.75) is 279 Å². The third kappa shape index (κ3) is 54.8. The first-order valence-corrected chi connectivity index (χ1v) is 34.0. The number of nitrogens with zero attached hydrogens (tertiary/aromatic N) is 2. The van der Waals surface area contributed by atoms with Crippen LogP contribution in [0.3, 0.4) is 0 Å². The maximum absolute atomic E-state index is 13.2. The van der Waals surface area contributed by atoms with Crippen LogP contribution in [-0.2, 0) is 76.3 Å². The molecule has 0 fully saturated rings. The van der Waals surface area contributed by atoms with E-state index in [2.05, 4.69) is 51.3 Å². The summed E-state index contributed by atoms with van der Waals surface area (Å²) >= 11 is 0. The van der Waals surface area contributed by atoms with Crippen molar-refractivity contribution in [2.75, 3.05) is 92.1 Å². The van der Waals surface area contributed by atoms with Crippen molar-refractivity contribution in [1.82, 2.24) is 9.80 Å². The summed E-state index contributed by atoms with van der Waals surface area (Å²) in [4.78, 5) is 106.